The Bertz CT molecular complexity index is 128. The third-order valence-corrected chi connectivity index (χ3v) is 0.583. The van der Waals surface area contributed by atoms with Crippen molar-refractivity contribution in [1.29, 1.82) is 0 Å². The second-order valence-electron chi connectivity index (χ2n) is 1.25. The van der Waals surface area contributed by atoms with Gasteiger partial charge >= 0.3 is 5.91 Å². The van der Waals surface area contributed by atoms with Gasteiger partial charge in [0.2, 0.25) is 5.78 Å². The summed E-state index contributed by atoms with van der Waals surface area (Å²) in [4.78, 5) is 19.9. The first-order valence-electron chi connectivity index (χ1n) is 2.08. The van der Waals surface area contributed by atoms with Crippen LogP contribution in [0.25, 0.3) is 0 Å². The second-order valence-corrected chi connectivity index (χ2v) is 1.25. The molecule has 0 fully saturated rings. The Balaban J connectivity index is 3.65. The third kappa shape index (κ3) is 2.12. The summed E-state index contributed by atoms with van der Waals surface area (Å²) in [5.74, 6) is -1.86. The van der Waals surface area contributed by atoms with Crippen LogP contribution in [0.3, 0.4) is 0 Å². The fraction of sp³-hybridized carbons (Fsp3) is 0.200. The van der Waals surface area contributed by atoms with Crippen LogP contribution in [-0.2, 0) is 9.59 Å². The van der Waals surface area contributed by atoms with E-state index in [1.807, 2.05) is 0 Å². The molecule has 0 aliphatic rings. The lowest BCUT2D eigenvalue weighted by Gasteiger charge is -1.82. The van der Waals surface area contributed by atoms with Crippen molar-refractivity contribution >= 4 is 11.7 Å². The number of hydrogen-bond acceptors (Lipinski definition) is 2. The highest BCUT2D eigenvalue weighted by Crippen LogP contribution is 1.80. The summed E-state index contributed by atoms with van der Waals surface area (Å²) < 4.78 is 0. The highest BCUT2D eigenvalue weighted by molar-refractivity contribution is 6.35. The van der Waals surface area contributed by atoms with E-state index in [0.29, 0.717) is 0 Å². The van der Waals surface area contributed by atoms with Gasteiger partial charge in [-0.1, -0.05) is 6.08 Å². The van der Waals surface area contributed by atoms with Crippen LogP contribution < -0.4 is 5.73 Å². The van der Waals surface area contributed by atoms with E-state index in [2.05, 4.69) is 6.58 Å². The number of carbonyl (C=O) groups excluding carboxylic acids is 2. The van der Waals surface area contributed by atoms with Crippen LogP contribution in [0.4, 0.5) is 0 Å². The Morgan fingerprint density at radius 1 is 1.62 bits per heavy atom. The zero-order valence-corrected chi connectivity index (χ0v) is 4.31. The summed E-state index contributed by atoms with van der Waals surface area (Å²) in [7, 11) is 0. The molecule has 0 heterocycles. The standard InChI is InChI=1S/C5H6NO2/c1-2-3-4(7)5(6)8/h2,6H,1,3H2. The first-order valence-corrected chi connectivity index (χ1v) is 2.08. The molecular formula is C5H6NO2. The highest BCUT2D eigenvalue weighted by atomic mass is 16.2. The number of hydrogen-bond donors (Lipinski definition) is 0. The maximum atomic E-state index is 10.1. The first kappa shape index (κ1) is 6.88. The molecular weight excluding hydrogens is 106 g/mol. The van der Waals surface area contributed by atoms with Crippen molar-refractivity contribution in [2.24, 2.45) is 0 Å². The lowest BCUT2D eigenvalue weighted by atomic mass is 10.3. The zero-order valence-electron chi connectivity index (χ0n) is 4.31. The van der Waals surface area contributed by atoms with Gasteiger partial charge in [-0.05, 0) is 0 Å². The first-order chi connectivity index (χ1) is 3.68. The number of carbonyl (C=O) groups is 2. The van der Waals surface area contributed by atoms with Crippen molar-refractivity contribution < 1.29 is 9.59 Å². The lowest BCUT2D eigenvalue weighted by molar-refractivity contribution is -0.135. The van der Waals surface area contributed by atoms with Crippen LogP contribution in [-0.4, -0.2) is 11.7 Å². The van der Waals surface area contributed by atoms with Gasteiger partial charge in [0.25, 0.3) is 0 Å². The van der Waals surface area contributed by atoms with E-state index in [1.165, 1.54) is 6.08 Å². The van der Waals surface area contributed by atoms with Gasteiger partial charge in [-0.2, -0.15) is 0 Å². The van der Waals surface area contributed by atoms with Gasteiger partial charge in [-0.25, -0.2) is 0 Å². The number of amides is 1. The molecule has 1 radical (unpaired) electrons. The van der Waals surface area contributed by atoms with E-state index in [9.17, 15) is 9.59 Å². The predicted molar refractivity (Wildman–Crippen MR) is 27.9 cm³/mol. The molecule has 0 saturated heterocycles. The van der Waals surface area contributed by atoms with Crippen LogP contribution in [0.2, 0.25) is 0 Å². The monoisotopic (exact) mass is 112 g/mol. The molecule has 1 N–H and O–H groups in total. The van der Waals surface area contributed by atoms with Crippen LogP contribution in [0.1, 0.15) is 6.42 Å². The molecule has 0 unspecified atom stereocenters. The number of ketones is 1. The molecule has 0 rings (SSSR count). The van der Waals surface area contributed by atoms with Crippen molar-refractivity contribution in [3.05, 3.63) is 12.7 Å². The Labute approximate surface area is 47.2 Å². The Morgan fingerprint density at radius 2 is 2.12 bits per heavy atom. The zero-order chi connectivity index (χ0) is 6.57. The number of nitrogens with one attached hydrogen (secondary N) is 1. The van der Waals surface area contributed by atoms with Gasteiger partial charge in [0.1, 0.15) is 0 Å². The van der Waals surface area contributed by atoms with E-state index < -0.39 is 11.7 Å². The number of rotatable bonds is 3. The van der Waals surface area contributed by atoms with Crippen LogP contribution in [0.15, 0.2) is 12.7 Å². The molecule has 0 saturated carbocycles. The Kier molecular flexibility index (Phi) is 2.54. The Morgan fingerprint density at radius 3 is 2.25 bits per heavy atom. The van der Waals surface area contributed by atoms with Crippen LogP contribution >= 0.6 is 0 Å². The topological polar surface area (TPSA) is 57.9 Å². The normalized spacial score (nSPS) is 8.00. The second kappa shape index (κ2) is 2.96. The molecule has 0 aliphatic heterocycles. The van der Waals surface area contributed by atoms with Gasteiger partial charge in [0.15, 0.2) is 0 Å². The molecule has 1 amide bonds. The summed E-state index contributed by atoms with van der Waals surface area (Å²) in [5, 5.41) is 0. The minimum absolute atomic E-state index is 0.0255. The molecule has 3 nitrogen and oxygen atoms in total. The maximum absolute atomic E-state index is 10.1. The van der Waals surface area contributed by atoms with Crippen LogP contribution in [0.5, 0.6) is 0 Å². The number of allylic oxidation sites excluding steroid dienone is 1. The summed E-state index contributed by atoms with van der Waals surface area (Å²) in [6.45, 7) is 3.23. The average molecular weight is 112 g/mol. The molecule has 0 aromatic rings. The lowest BCUT2D eigenvalue weighted by Crippen LogP contribution is -2.12. The van der Waals surface area contributed by atoms with E-state index in [1.54, 1.807) is 0 Å². The van der Waals surface area contributed by atoms with E-state index >= 15 is 0 Å². The molecule has 0 aromatic heterocycles. The smallest absolute Gasteiger partial charge is 0.288 e. The summed E-state index contributed by atoms with van der Waals surface area (Å²) in [6.07, 6.45) is 1.27. The van der Waals surface area contributed by atoms with Crippen molar-refractivity contribution in [2.45, 2.75) is 6.42 Å². The molecule has 0 atom stereocenters. The quantitative estimate of drug-likeness (QED) is 0.379. The minimum atomic E-state index is -1.15. The van der Waals surface area contributed by atoms with Crippen molar-refractivity contribution in [1.82, 2.24) is 5.73 Å². The molecule has 3 heteroatoms. The van der Waals surface area contributed by atoms with Gasteiger partial charge in [0, 0.05) is 6.42 Å². The van der Waals surface area contributed by atoms with Gasteiger partial charge in [0.05, 0.1) is 0 Å². The van der Waals surface area contributed by atoms with Crippen molar-refractivity contribution in [3.8, 4) is 0 Å². The van der Waals surface area contributed by atoms with Crippen LogP contribution in [0, 0.1) is 0 Å². The summed E-state index contributed by atoms with van der Waals surface area (Å²) in [5.41, 5.74) is 6.25. The fourth-order valence-electron chi connectivity index (χ4n) is 0.224. The summed E-state index contributed by atoms with van der Waals surface area (Å²) >= 11 is 0. The summed E-state index contributed by atoms with van der Waals surface area (Å²) in [6, 6.07) is 0. The molecule has 8 heavy (non-hydrogen) atoms. The van der Waals surface area contributed by atoms with E-state index in [4.69, 9.17) is 5.73 Å². The maximum Gasteiger partial charge on any atom is 0.306 e. The Hall–Kier alpha value is -1.12. The largest absolute Gasteiger partial charge is 0.306 e. The SMILES string of the molecule is C=CCC(=O)C([NH])=O. The van der Waals surface area contributed by atoms with Crippen molar-refractivity contribution in [3.63, 3.8) is 0 Å². The van der Waals surface area contributed by atoms with Gasteiger partial charge < -0.3 is 0 Å². The molecule has 0 aromatic carbocycles. The van der Waals surface area contributed by atoms with Gasteiger partial charge in [-0.15, -0.1) is 6.58 Å². The highest BCUT2D eigenvalue weighted by Gasteiger charge is 2.04. The molecule has 0 aliphatic carbocycles. The molecule has 0 spiro atoms. The van der Waals surface area contributed by atoms with E-state index in [-0.39, 0.29) is 6.42 Å². The predicted octanol–water partition coefficient (Wildman–Crippen LogP) is -0.0589. The molecule has 0 bridgehead atoms. The number of Topliss-reactive ketones (excluding diaryl/α,β-unsaturated/α-hetero) is 1. The fourth-order valence-corrected chi connectivity index (χ4v) is 0.224. The minimum Gasteiger partial charge on any atom is -0.288 e. The van der Waals surface area contributed by atoms with Crippen molar-refractivity contribution in [2.75, 3.05) is 0 Å². The average Bonchev–Trinajstić information content (AvgIpc) is 1.67. The third-order valence-electron chi connectivity index (χ3n) is 0.583. The van der Waals surface area contributed by atoms with Gasteiger partial charge in [-0.3, -0.25) is 15.3 Å². The molecule has 43 valence electrons. The van der Waals surface area contributed by atoms with E-state index in [0.717, 1.165) is 0 Å².